The van der Waals surface area contributed by atoms with Crippen LogP contribution in [0.2, 0.25) is 0 Å². The van der Waals surface area contributed by atoms with Crippen molar-refractivity contribution in [2.75, 3.05) is 19.7 Å². The first-order valence-electron chi connectivity index (χ1n) is 8.74. The van der Waals surface area contributed by atoms with E-state index in [9.17, 15) is 4.79 Å². The molecule has 21 heavy (non-hydrogen) atoms. The molecule has 3 rings (SSSR count). The number of nitrogens with zero attached hydrogens (tertiary/aromatic N) is 1. The molecule has 0 aromatic rings. The van der Waals surface area contributed by atoms with E-state index in [0.717, 1.165) is 37.4 Å². The molecule has 0 amide bonds. The number of piperidine rings is 1. The van der Waals surface area contributed by atoms with Gasteiger partial charge in [-0.15, -0.1) is 0 Å². The van der Waals surface area contributed by atoms with E-state index < -0.39 is 5.97 Å². The zero-order valence-corrected chi connectivity index (χ0v) is 13.1. The molecule has 2 saturated carbocycles. The zero-order chi connectivity index (χ0) is 14.7. The Morgan fingerprint density at radius 3 is 2.24 bits per heavy atom. The van der Waals surface area contributed by atoms with Crippen LogP contribution in [0.4, 0.5) is 0 Å². The van der Waals surface area contributed by atoms with E-state index >= 15 is 0 Å². The number of hydrogen-bond acceptors (Lipinski definition) is 3. The van der Waals surface area contributed by atoms with Crippen LogP contribution in [0.15, 0.2) is 0 Å². The van der Waals surface area contributed by atoms with Crippen molar-refractivity contribution in [2.24, 2.45) is 5.41 Å². The number of likely N-dealkylation sites (tertiary alicyclic amines) is 1. The van der Waals surface area contributed by atoms with Crippen LogP contribution >= 0.6 is 0 Å². The van der Waals surface area contributed by atoms with E-state index in [1.165, 1.54) is 51.4 Å². The first-order chi connectivity index (χ1) is 10.2. The Labute approximate surface area is 127 Å². The predicted octanol–water partition coefficient (Wildman–Crippen LogP) is 3.06. The molecule has 0 aromatic carbocycles. The van der Waals surface area contributed by atoms with Crippen molar-refractivity contribution >= 4 is 5.97 Å². The van der Waals surface area contributed by atoms with Crippen molar-refractivity contribution in [3.05, 3.63) is 0 Å². The summed E-state index contributed by atoms with van der Waals surface area (Å²) >= 11 is 0. The molecule has 1 aliphatic heterocycles. The minimum atomic E-state index is -0.855. The second kappa shape index (κ2) is 6.66. The summed E-state index contributed by atoms with van der Waals surface area (Å²) < 4.78 is 5.43. The lowest BCUT2D eigenvalue weighted by Gasteiger charge is -2.44. The lowest BCUT2D eigenvalue weighted by Crippen LogP contribution is -2.46. The number of ether oxygens (including phenoxy) is 1. The van der Waals surface area contributed by atoms with Crippen LogP contribution in [0.1, 0.15) is 64.2 Å². The average molecular weight is 295 g/mol. The lowest BCUT2D eigenvalue weighted by molar-refractivity contribution is -0.145. The SMILES string of the molecule is O=C(O)COC1CCN(C2CCC3(CCCC3)CC2)CC1. The standard InChI is InChI=1S/C17H29NO3/c19-16(20)13-21-15-5-11-18(12-6-15)14-3-9-17(10-4-14)7-1-2-8-17/h14-15H,1-13H2,(H,19,20). The van der Waals surface area contributed by atoms with Crippen molar-refractivity contribution in [2.45, 2.75) is 76.4 Å². The molecule has 0 unspecified atom stereocenters. The Morgan fingerprint density at radius 2 is 1.67 bits per heavy atom. The fourth-order valence-electron chi connectivity index (χ4n) is 4.80. The fourth-order valence-corrected chi connectivity index (χ4v) is 4.80. The van der Waals surface area contributed by atoms with Gasteiger partial charge in [-0.25, -0.2) is 4.79 Å². The highest BCUT2D eigenvalue weighted by atomic mass is 16.5. The van der Waals surface area contributed by atoms with Crippen LogP contribution in [-0.2, 0) is 9.53 Å². The highest BCUT2D eigenvalue weighted by molar-refractivity contribution is 5.68. The van der Waals surface area contributed by atoms with E-state index in [-0.39, 0.29) is 12.7 Å². The van der Waals surface area contributed by atoms with Crippen LogP contribution in [0.3, 0.4) is 0 Å². The van der Waals surface area contributed by atoms with Gasteiger partial charge in [-0.1, -0.05) is 12.8 Å². The smallest absolute Gasteiger partial charge is 0.329 e. The molecule has 1 heterocycles. The molecular weight excluding hydrogens is 266 g/mol. The van der Waals surface area contributed by atoms with Crippen molar-refractivity contribution in [3.8, 4) is 0 Å². The molecule has 1 saturated heterocycles. The zero-order valence-electron chi connectivity index (χ0n) is 13.1. The number of carboxylic acids is 1. The number of hydrogen-bond donors (Lipinski definition) is 1. The van der Waals surface area contributed by atoms with Crippen molar-refractivity contribution in [3.63, 3.8) is 0 Å². The Morgan fingerprint density at radius 1 is 1.05 bits per heavy atom. The normalized spacial score (nSPS) is 28.2. The molecule has 4 nitrogen and oxygen atoms in total. The lowest BCUT2D eigenvalue weighted by atomic mass is 9.71. The molecule has 4 heteroatoms. The van der Waals surface area contributed by atoms with Crippen LogP contribution in [-0.4, -0.2) is 47.8 Å². The maximum absolute atomic E-state index is 10.5. The van der Waals surface area contributed by atoms with Gasteiger partial charge in [0.15, 0.2) is 0 Å². The molecule has 3 fully saturated rings. The molecule has 120 valence electrons. The van der Waals surface area contributed by atoms with Gasteiger partial charge in [0.1, 0.15) is 6.61 Å². The van der Waals surface area contributed by atoms with Crippen molar-refractivity contribution in [1.29, 1.82) is 0 Å². The first-order valence-corrected chi connectivity index (χ1v) is 8.74. The second-order valence-electron chi connectivity index (χ2n) is 7.38. The van der Waals surface area contributed by atoms with Crippen LogP contribution in [0.25, 0.3) is 0 Å². The Kier molecular flexibility index (Phi) is 4.85. The average Bonchev–Trinajstić information content (AvgIpc) is 2.95. The monoisotopic (exact) mass is 295 g/mol. The van der Waals surface area contributed by atoms with Crippen LogP contribution in [0.5, 0.6) is 0 Å². The number of carboxylic acid groups (broad SMARTS) is 1. The maximum Gasteiger partial charge on any atom is 0.329 e. The van der Waals surface area contributed by atoms with E-state index in [2.05, 4.69) is 4.90 Å². The van der Waals surface area contributed by atoms with Crippen molar-refractivity contribution < 1.29 is 14.6 Å². The minimum absolute atomic E-state index is 0.142. The van der Waals surface area contributed by atoms with E-state index in [4.69, 9.17) is 9.84 Å². The number of rotatable bonds is 4. The summed E-state index contributed by atoms with van der Waals surface area (Å²) in [5.74, 6) is -0.855. The molecule has 0 bridgehead atoms. The summed E-state index contributed by atoms with van der Waals surface area (Å²) in [4.78, 5) is 13.2. The third-order valence-corrected chi connectivity index (χ3v) is 6.12. The maximum atomic E-state index is 10.5. The predicted molar refractivity (Wildman–Crippen MR) is 81.3 cm³/mol. The van der Waals surface area contributed by atoms with Gasteiger partial charge in [0.05, 0.1) is 6.10 Å². The van der Waals surface area contributed by atoms with Crippen LogP contribution in [0, 0.1) is 5.41 Å². The highest BCUT2D eigenvalue weighted by Crippen LogP contribution is 2.49. The van der Waals surface area contributed by atoms with Crippen molar-refractivity contribution in [1.82, 2.24) is 4.90 Å². The number of aliphatic carboxylic acids is 1. The molecule has 3 aliphatic rings. The molecule has 1 spiro atoms. The Hall–Kier alpha value is -0.610. The van der Waals surface area contributed by atoms with Gasteiger partial charge in [-0.05, 0) is 56.8 Å². The molecule has 0 aromatic heterocycles. The quantitative estimate of drug-likeness (QED) is 0.866. The molecule has 1 N–H and O–H groups in total. The van der Waals surface area contributed by atoms with Gasteiger partial charge in [-0.2, -0.15) is 0 Å². The first kappa shape index (κ1) is 15.3. The van der Waals surface area contributed by atoms with Gasteiger partial charge in [-0.3, -0.25) is 0 Å². The largest absolute Gasteiger partial charge is 0.480 e. The third kappa shape index (κ3) is 3.78. The van der Waals surface area contributed by atoms with Gasteiger partial charge in [0.25, 0.3) is 0 Å². The molecule has 0 atom stereocenters. The molecule has 0 radical (unpaired) electrons. The van der Waals surface area contributed by atoms with E-state index in [1.54, 1.807) is 0 Å². The number of carbonyl (C=O) groups is 1. The van der Waals surface area contributed by atoms with E-state index in [1.807, 2.05) is 0 Å². The minimum Gasteiger partial charge on any atom is -0.480 e. The van der Waals surface area contributed by atoms with E-state index in [0.29, 0.717) is 0 Å². The topological polar surface area (TPSA) is 49.8 Å². The molecule has 2 aliphatic carbocycles. The van der Waals surface area contributed by atoms with Gasteiger partial charge < -0.3 is 14.7 Å². The van der Waals surface area contributed by atoms with Gasteiger partial charge in [0.2, 0.25) is 0 Å². The summed E-state index contributed by atoms with van der Waals surface area (Å²) in [5, 5.41) is 8.67. The second-order valence-corrected chi connectivity index (χ2v) is 7.38. The third-order valence-electron chi connectivity index (χ3n) is 6.12. The Bertz CT molecular complexity index is 347. The Balaban J connectivity index is 1.40. The summed E-state index contributed by atoms with van der Waals surface area (Å²) in [6, 6.07) is 0.775. The van der Waals surface area contributed by atoms with Crippen LogP contribution < -0.4 is 0 Å². The fraction of sp³-hybridized carbons (Fsp3) is 0.941. The van der Waals surface area contributed by atoms with Gasteiger partial charge >= 0.3 is 5.97 Å². The summed E-state index contributed by atoms with van der Waals surface area (Å²) in [5.41, 5.74) is 0.722. The summed E-state index contributed by atoms with van der Waals surface area (Å²) in [6.45, 7) is 2.03. The highest BCUT2D eigenvalue weighted by Gasteiger charge is 2.39. The van der Waals surface area contributed by atoms with Gasteiger partial charge in [0, 0.05) is 19.1 Å². The molecular formula is C17H29NO3. The summed E-state index contributed by atoms with van der Waals surface area (Å²) in [6.07, 6.45) is 13.6. The summed E-state index contributed by atoms with van der Waals surface area (Å²) in [7, 11) is 0.